The highest BCUT2D eigenvalue weighted by Gasteiger charge is 2.24. The first-order valence-electron chi connectivity index (χ1n) is 8.31. The van der Waals surface area contributed by atoms with Crippen LogP contribution in [0.15, 0.2) is 53.3 Å². The van der Waals surface area contributed by atoms with Gasteiger partial charge in [0.15, 0.2) is 0 Å². The number of amides is 1. The third-order valence-corrected chi connectivity index (χ3v) is 4.76. The number of carbonyl (C=O) groups is 1. The topological polar surface area (TPSA) is 131 Å². The minimum Gasteiger partial charge on any atom is -0.495 e. The van der Waals surface area contributed by atoms with Gasteiger partial charge in [-0.2, -0.15) is 0 Å². The maximum Gasteiger partial charge on any atom is 0.355 e. The molecule has 1 aromatic heterocycles. The van der Waals surface area contributed by atoms with Gasteiger partial charge >= 0.3 is 5.69 Å². The average molecular weight is 494 g/mol. The summed E-state index contributed by atoms with van der Waals surface area (Å²) in [5, 5.41) is 14.9. The Bertz CT molecular complexity index is 1110. The van der Waals surface area contributed by atoms with E-state index in [-0.39, 0.29) is 11.6 Å². The normalized spacial score (nSPS) is 10.2. The zero-order valence-corrected chi connectivity index (χ0v) is 17.7. The van der Waals surface area contributed by atoms with E-state index in [1.54, 1.807) is 36.4 Å². The summed E-state index contributed by atoms with van der Waals surface area (Å²) in [5.41, 5.74) is 5.09. The van der Waals surface area contributed by atoms with E-state index in [4.69, 9.17) is 16.3 Å². The molecule has 0 unspecified atom stereocenters. The number of anilines is 3. The molecule has 0 aliphatic rings. The summed E-state index contributed by atoms with van der Waals surface area (Å²) in [7, 11) is 1.45. The Morgan fingerprint density at radius 1 is 1.20 bits per heavy atom. The number of hydrogen-bond donors (Lipinski definition) is 3. The zero-order chi connectivity index (χ0) is 21.7. The highest BCUT2D eigenvalue weighted by molar-refractivity contribution is 9.10. The second-order valence-electron chi connectivity index (χ2n) is 5.71. The molecule has 30 heavy (non-hydrogen) atoms. The third-order valence-electron chi connectivity index (χ3n) is 3.83. The first-order valence-corrected chi connectivity index (χ1v) is 9.48. The van der Waals surface area contributed by atoms with Crippen LogP contribution < -0.4 is 20.9 Å². The van der Waals surface area contributed by atoms with Gasteiger partial charge in [-0.25, -0.2) is 9.97 Å². The Hall–Kier alpha value is -3.44. The van der Waals surface area contributed by atoms with E-state index in [1.807, 2.05) is 0 Å². The molecule has 3 N–H and O–H groups in total. The molecular formula is C18H14BrClN6O4. The molecule has 3 aromatic rings. The van der Waals surface area contributed by atoms with Crippen molar-refractivity contribution in [3.63, 3.8) is 0 Å². The summed E-state index contributed by atoms with van der Waals surface area (Å²) in [5.74, 6) is -0.433. The first kappa shape index (κ1) is 21.3. The van der Waals surface area contributed by atoms with E-state index in [1.165, 1.54) is 13.2 Å². The van der Waals surface area contributed by atoms with Gasteiger partial charge in [0.2, 0.25) is 11.6 Å². The molecule has 12 heteroatoms. The fraction of sp³-hybridized carbons (Fsp3) is 0.0556. The number of nitrogens with zero attached hydrogens (tertiary/aromatic N) is 3. The molecule has 1 heterocycles. The predicted octanol–water partition coefficient (Wildman–Crippen LogP) is 4.31. The first-order chi connectivity index (χ1) is 14.4. The standard InChI is InChI=1S/C18H14BrClN6O4/c1-30-14-7-6-10(20)8-13(14)23-16-15(26(28)29)17(22-9-21-16)24-25-18(27)11-4-2-3-5-12(11)19/h2-9H,1H3,(H,25,27)(H2,21,22,23,24). The monoisotopic (exact) mass is 492 g/mol. The lowest BCUT2D eigenvalue weighted by Crippen LogP contribution is -2.30. The molecule has 1 amide bonds. The van der Waals surface area contributed by atoms with Crippen molar-refractivity contribution in [2.24, 2.45) is 0 Å². The molecule has 10 nitrogen and oxygen atoms in total. The fourth-order valence-electron chi connectivity index (χ4n) is 2.47. The summed E-state index contributed by atoms with van der Waals surface area (Å²) >= 11 is 9.28. The molecule has 2 aromatic carbocycles. The van der Waals surface area contributed by atoms with Gasteiger partial charge in [-0.05, 0) is 46.3 Å². The third kappa shape index (κ3) is 4.75. The van der Waals surface area contributed by atoms with Gasteiger partial charge < -0.3 is 10.1 Å². The molecule has 0 atom stereocenters. The van der Waals surface area contributed by atoms with Crippen LogP contribution in [0.1, 0.15) is 10.4 Å². The van der Waals surface area contributed by atoms with Crippen LogP contribution in [0.4, 0.5) is 23.0 Å². The van der Waals surface area contributed by atoms with Gasteiger partial charge in [-0.3, -0.25) is 25.8 Å². The summed E-state index contributed by atoms with van der Waals surface area (Å²) in [6.07, 6.45) is 1.11. The zero-order valence-electron chi connectivity index (χ0n) is 15.3. The van der Waals surface area contributed by atoms with Crippen molar-refractivity contribution >= 4 is 56.4 Å². The Morgan fingerprint density at radius 3 is 2.63 bits per heavy atom. The summed E-state index contributed by atoms with van der Waals surface area (Å²) in [6.45, 7) is 0. The Labute approximate surface area is 183 Å². The van der Waals surface area contributed by atoms with Crippen LogP contribution in [0.25, 0.3) is 0 Å². The minimum atomic E-state index is -0.674. The van der Waals surface area contributed by atoms with Crippen molar-refractivity contribution in [1.82, 2.24) is 15.4 Å². The molecule has 0 saturated heterocycles. The van der Waals surface area contributed by atoms with Crippen molar-refractivity contribution in [3.05, 3.63) is 74.0 Å². The van der Waals surface area contributed by atoms with Crippen LogP contribution in [-0.4, -0.2) is 27.9 Å². The SMILES string of the molecule is COc1ccc(Cl)cc1Nc1ncnc(NNC(=O)c2ccccc2Br)c1[N+](=O)[O-]. The minimum absolute atomic E-state index is 0.117. The van der Waals surface area contributed by atoms with Gasteiger partial charge in [0.05, 0.1) is 23.3 Å². The number of hydrogen-bond acceptors (Lipinski definition) is 8. The molecule has 0 fully saturated rings. The van der Waals surface area contributed by atoms with Gasteiger partial charge in [0, 0.05) is 9.50 Å². The van der Waals surface area contributed by atoms with Crippen LogP contribution >= 0.6 is 27.5 Å². The van der Waals surface area contributed by atoms with E-state index in [0.29, 0.717) is 26.5 Å². The van der Waals surface area contributed by atoms with Crippen LogP contribution in [0.5, 0.6) is 5.75 Å². The van der Waals surface area contributed by atoms with Crippen molar-refractivity contribution in [2.45, 2.75) is 0 Å². The molecule has 0 aliphatic carbocycles. The summed E-state index contributed by atoms with van der Waals surface area (Å²) in [4.78, 5) is 31.2. The molecule has 3 rings (SSSR count). The smallest absolute Gasteiger partial charge is 0.355 e. The number of ether oxygens (including phenoxy) is 1. The van der Waals surface area contributed by atoms with Crippen molar-refractivity contribution in [2.75, 3.05) is 17.9 Å². The molecule has 154 valence electrons. The highest BCUT2D eigenvalue weighted by Crippen LogP contribution is 2.35. The number of carbonyl (C=O) groups excluding carboxylic acids is 1. The Kier molecular flexibility index (Phi) is 6.65. The summed E-state index contributed by atoms with van der Waals surface area (Å²) < 4.78 is 5.80. The maximum absolute atomic E-state index is 12.4. The summed E-state index contributed by atoms with van der Waals surface area (Å²) in [6, 6.07) is 11.5. The van der Waals surface area contributed by atoms with E-state index >= 15 is 0 Å². The number of aromatic nitrogens is 2. The van der Waals surface area contributed by atoms with Gasteiger partial charge in [0.25, 0.3) is 5.91 Å². The number of methoxy groups -OCH3 is 1. The van der Waals surface area contributed by atoms with Crippen LogP contribution in [-0.2, 0) is 0 Å². The van der Waals surface area contributed by atoms with Crippen molar-refractivity contribution in [1.29, 1.82) is 0 Å². The molecule has 0 spiro atoms. The lowest BCUT2D eigenvalue weighted by Gasteiger charge is -2.13. The number of halogens is 2. The van der Waals surface area contributed by atoms with Crippen molar-refractivity contribution < 1.29 is 14.5 Å². The maximum atomic E-state index is 12.4. The lowest BCUT2D eigenvalue weighted by molar-refractivity contribution is -0.383. The van der Waals surface area contributed by atoms with Gasteiger partial charge in [-0.1, -0.05) is 23.7 Å². The highest BCUT2D eigenvalue weighted by atomic mass is 79.9. The Morgan fingerprint density at radius 2 is 1.93 bits per heavy atom. The number of nitro groups is 1. The molecule has 0 bridgehead atoms. The van der Waals surface area contributed by atoms with Gasteiger partial charge in [0.1, 0.15) is 12.1 Å². The van der Waals surface area contributed by atoms with E-state index in [2.05, 4.69) is 42.1 Å². The number of nitrogens with one attached hydrogen (secondary N) is 3. The van der Waals surface area contributed by atoms with Crippen molar-refractivity contribution in [3.8, 4) is 5.75 Å². The largest absolute Gasteiger partial charge is 0.495 e. The number of benzene rings is 2. The average Bonchev–Trinajstić information content (AvgIpc) is 2.72. The molecule has 0 aliphatic heterocycles. The van der Waals surface area contributed by atoms with E-state index in [9.17, 15) is 14.9 Å². The molecule has 0 radical (unpaired) electrons. The molecular weight excluding hydrogens is 480 g/mol. The fourth-order valence-corrected chi connectivity index (χ4v) is 3.11. The van der Waals surface area contributed by atoms with E-state index < -0.39 is 16.5 Å². The Balaban J connectivity index is 1.88. The van der Waals surface area contributed by atoms with Crippen LogP contribution in [0.3, 0.4) is 0 Å². The predicted molar refractivity (Wildman–Crippen MR) is 115 cm³/mol. The van der Waals surface area contributed by atoms with Gasteiger partial charge in [-0.15, -0.1) is 0 Å². The lowest BCUT2D eigenvalue weighted by atomic mass is 10.2. The second kappa shape index (κ2) is 9.37. The van der Waals surface area contributed by atoms with Crippen LogP contribution in [0, 0.1) is 10.1 Å². The van der Waals surface area contributed by atoms with E-state index in [0.717, 1.165) is 6.33 Å². The second-order valence-corrected chi connectivity index (χ2v) is 7.00. The van der Waals surface area contributed by atoms with Crippen LogP contribution in [0.2, 0.25) is 5.02 Å². The number of rotatable bonds is 7. The quantitative estimate of drug-likeness (QED) is 0.328. The number of hydrazine groups is 1. The molecule has 0 saturated carbocycles.